The van der Waals surface area contributed by atoms with Crippen LogP contribution in [0.25, 0.3) is 0 Å². The van der Waals surface area contributed by atoms with Gasteiger partial charge in [-0.2, -0.15) is 5.10 Å². The van der Waals surface area contributed by atoms with Gasteiger partial charge >= 0.3 is 0 Å². The van der Waals surface area contributed by atoms with E-state index in [9.17, 15) is 0 Å². The van der Waals surface area contributed by atoms with Crippen molar-refractivity contribution < 1.29 is 0 Å². The number of nitrogens with two attached hydrogens (primary N) is 1. The van der Waals surface area contributed by atoms with Crippen LogP contribution in [-0.4, -0.2) is 20.8 Å². The molecule has 2 rings (SSSR count). The van der Waals surface area contributed by atoms with Gasteiger partial charge in [-0.1, -0.05) is 48.5 Å². The van der Waals surface area contributed by atoms with E-state index in [1.807, 2.05) is 7.05 Å². The summed E-state index contributed by atoms with van der Waals surface area (Å²) in [6, 6.07) is 8.66. The third-order valence-corrected chi connectivity index (χ3v) is 4.62. The first-order chi connectivity index (χ1) is 9.11. The van der Waals surface area contributed by atoms with Gasteiger partial charge in [-0.15, -0.1) is 0 Å². The van der Waals surface area contributed by atoms with Gasteiger partial charge in [-0.05, 0) is 18.9 Å². The van der Waals surface area contributed by atoms with Crippen molar-refractivity contribution in [2.24, 2.45) is 12.8 Å². The van der Waals surface area contributed by atoms with Gasteiger partial charge in [0, 0.05) is 13.1 Å². The Kier molecular flexibility index (Phi) is 4.61. The third-order valence-electron chi connectivity index (χ3n) is 3.17. The van der Waals surface area contributed by atoms with Gasteiger partial charge in [0.1, 0.15) is 6.33 Å². The van der Waals surface area contributed by atoms with E-state index in [4.69, 9.17) is 5.73 Å². The second kappa shape index (κ2) is 6.21. The topological polar surface area (TPSA) is 56.7 Å². The number of thioether (sulfide) groups is 1. The number of aryl methyl sites for hydroxylation is 2. The molecule has 2 atom stereocenters. The zero-order valence-electron chi connectivity index (χ0n) is 11.6. The number of hydrogen-bond acceptors (Lipinski definition) is 4. The van der Waals surface area contributed by atoms with E-state index < -0.39 is 0 Å². The Morgan fingerprint density at radius 2 is 2.00 bits per heavy atom. The molecular weight excluding hydrogens is 256 g/mol. The van der Waals surface area contributed by atoms with Crippen molar-refractivity contribution in [1.29, 1.82) is 0 Å². The fourth-order valence-corrected chi connectivity index (χ4v) is 3.07. The lowest BCUT2D eigenvalue weighted by atomic mass is 10.0. The quantitative estimate of drug-likeness (QED) is 0.853. The molecule has 2 unspecified atom stereocenters. The normalized spacial score (nSPS) is 14.3. The predicted molar refractivity (Wildman–Crippen MR) is 79.0 cm³/mol. The van der Waals surface area contributed by atoms with Crippen LogP contribution in [0.2, 0.25) is 0 Å². The van der Waals surface area contributed by atoms with Crippen LogP contribution in [0.4, 0.5) is 0 Å². The molecule has 1 aromatic heterocycles. The second-order valence-electron chi connectivity index (χ2n) is 4.69. The Morgan fingerprint density at radius 1 is 1.32 bits per heavy atom. The summed E-state index contributed by atoms with van der Waals surface area (Å²) in [6.45, 7) is 4.21. The molecular formula is C14H20N4S. The molecule has 5 heteroatoms. The maximum atomic E-state index is 6.28. The van der Waals surface area contributed by atoms with Crippen LogP contribution >= 0.6 is 11.8 Å². The lowest BCUT2D eigenvalue weighted by molar-refractivity contribution is 0.625. The Balaban J connectivity index is 2.26. The summed E-state index contributed by atoms with van der Waals surface area (Å²) in [7, 11) is 1.90. The molecule has 0 radical (unpaired) electrons. The fourth-order valence-electron chi connectivity index (χ4n) is 1.88. The Bertz CT molecular complexity index is 520. The average Bonchev–Trinajstić information content (AvgIpc) is 2.82. The molecule has 19 heavy (non-hydrogen) atoms. The zero-order chi connectivity index (χ0) is 13.8. The van der Waals surface area contributed by atoms with Gasteiger partial charge in [-0.3, -0.25) is 0 Å². The minimum Gasteiger partial charge on any atom is -0.326 e. The lowest BCUT2D eigenvalue weighted by Gasteiger charge is -2.22. The number of nitrogens with zero attached hydrogens (tertiary/aromatic N) is 3. The molecule has 0 saturated heterocycles. The van der Waals surface area contributed by atoms with Gasteiger partial charge in [-0.25, -0.2) is 9.67 Å². The number of rotatable bonds is 5. The Hall–Kier alpha value is -1.33. The summed E-state index contributed by atoms with van der Waals surface area (Å²) < 4.78 is 1.79. The molecule has 0 amide bonds. The third kappa shape index (κ3) is 3.36. The van der Waals surface area contributed by atoms with Gasteiger partial charge in [0.2, 0.25) is 0 Å². The summed E-state index contributed by atoms with van der Waals surface area (Å²) in [4.78, 5) is 4.27. The van der Waals surface area contributed by atoms with Crippen LogP contribution < -0.4 is 5.73 Å². The maximum Gasteiger partial charge on any atom is 0.186 e. The highest BCUT2D eigenvalue weighted by atomic mass is 32.2. The van der Waals surface area contributed by atoms with E-state index >= 15 is 0 Å². The maximum absolute atomic E-state index is 6.28. The molecule has 4 nitrogen and oxygen atoms in total. The first-order valence-corrected chi connectivity index (χ1v) is 7.32. The highest BCUT2D eigenvalue weighted by Crippen LogP contribution is 2.36. The van der Waals surface area contributed by atoms with E-state index in [0.29, 0.717) is 0 Å². The minimum atomic E-state index is 0.101. The Labute approximate surface area is 118 Å². The van der Waals surface area contributed by atoms with Crippen LogP contribution in [0.5, 0.6) is 0 Å². The summed E-state index contributed by atoms with van der Waals surface area (Å²) >= 11 is 1.68. The fraction of sp³-hybridized carbons (Fsp3) is 0.429. The van der Waals surface area contributed by atoms with Crippen molar-refractivity contribution in [2.75, 3.05) is 0 Å². The van der Waals surface area contributed by atoms with Crippen LogP contribution in [0, 0.1) is 6.92 Å². The molecule has 2 N–H and O–H groups in total. The predicted octanol–water partition coefficient (Wildman–Crippen LogP) is 2.69. The molecule has 0 saturated carbocycles. The van der Waals surface area contributed by atoms with Crippen LogP contribution in [0.1, 0.15) is 29.7 Å². The molecule has 1 aromatic carbocycles. The standard InChI is InChI=1S/C14H20N4S/c1-4-12(15)13(11-7-5-10(2)6-8-11)19-14-16-9-17-18(14)3/h5-9,12-13H,4,15H2,1-3H3. The number of hydrogen-bond donors (Lipinski definition) is 1. The molecule has 0 aliphatic rings. The van der Waals surface area contributed by atoms with Gasteiger partial charge in [0.25, 0.3) is 0 Å². The van der Waals surface area contributed by atoms with Gasteiger partial charge in [0.15, 0.2) is 5.16 Å². The van der Waals surface area contributed by atoms with Crippen LogP contribution in [0.15, 0.2) is 35.7 Å². The first-order valence-electron chi connectivity index (χ1n) is 6.44. The van der Waals surface area contributed by atoms with Crippen LogP contribution in [0.3, 0.4) is 0 Å². The summed E-state index contributed by atoms with van der Waals surface area (Å²) in [6.07, 6.45) is 2.51. The monoisotopic (exact) mass is 276 g/mol. The molecule has 0 aliphatic carbocycles. The Morgan fingerprint density at radius 3 is 2.53 bits per heavy atom. The van der Waals surface area contributed by atoms with E-state index in [1.54, 1.807) is 22.8 Å². The van der Waals surface area contributed by atoms with E-state index in [2.05, 4.69) is 48.2 Å². The lowest BCUT2D eigenvalue weighted by Crippen LogP contribution is -2.26. The smallest absolute Gasteiger partial charge is 0.186 e. The first kappa shape index (κ1) is 14.1. The SMILES string of the molecule is CCC(N)C(Sc1ncnn1C)c1ccc(C)cc1. The van der Waals surface area contributed by atoms with Crippen molar-refractivity contribution in [3.63, 3.8) is 0 Å². The van der Waals surface area contributed by atoms with Crippen LogP contribution in [-0.2, 0) is 7.05 Å². The van der Waals surface area contributed by atoms with Crippen molar-refractivity contribution >= 4 is 11.8 Å². The highest BCUT2D eigenvalue weighted by Gasteiger charge is 2.21. The summed E-state index contributed by atoms with van der Waals surface area (Å²) in [5, 5.41) is 5.21. The molecule has 2 aromatic rings. The second-order valence-corrected chi connectivity index (χ2v) is 5.80. The molecule has 0 spiro atoms. The largest absolute Gasteiger partial charge is 0.326 e. The number of aromatic nitrogens is 3. The number of benzene rings is 1. The highest BCUT2D eigenvalue weighted by molar-refractivity contribution is 7.99. The van der Waals surface area contributed by atoms with Crippen molar-refractivity contribution in [3.8, 4) is 0 Å². The van der Waals surface area contributed by atoms with Gasteiger partial charge < -0.3 is 5.73 Å². The minimum absolute atomic E-state index is 0.101. The molecule has 1 heterocycles. The van der Waals surface area contributed by atoms with E-state index in [-0.39, 0.29) is 11.3 Å². The van der Waals surface area contributed by atoms with Crippen molar-refractivity contribution in [3.05, 3.63) is 41.7 Å². The molecule has 0 aliphatic heterocycles. The van der Waals surface area contributed by atoms with Gasteiger partial charge in [0.05, 0.1) is 5.25 Å². The van der Waals surface area contributed by atoms with E-state index in [1.165, 1.54) is 11.1 Å². The zero-order valence-corrected chi connectivity index (χ0v) is 12.4. The molecule has 0 bridgehead atoms. The summed E-state index contributed by atoms with van der Waals surface area (Å²) in [5.74, 6) is 0. The molecule has 102 valence electrons. The molecule has 0 fully saturated rings. The summed E-state index contributed by atoms with van der Waals surface area (Å²) in [5.41, 5.74) is 8.78. The average molecular weight is 276 g/mol. The van der Waals surface area contributed by atoms with Crippen molar-refractivity contribution in [1.82, 2.24) is 14.8 Å². The van der Waals surface area contributed by atoms with E-state index in [0.717, 1.165) is 11.6 Å². The van der Waals surface area contributed by atoms with Crippen molar-refractivity contribution in [2.45, 2.75) is 36.7 Å².